The smallest absolute Gasteiger partial charge is 0.212 e. The van der Waals surface area contributed by atoms with Crippen LogP contribution in [0.25, 0.3) is 5.70 Å². The molecule has 2 aromatic carbocycles. The van der Waals surface area contributed by atoms with E-state index in [9.17, 15) is 0 Å². The van der Waals surface area contributed by atoms with Crippen LogP contribution in [0.5, 0.6) is 5.75 Å². The fraction of sp³-hybridized carbons (Fsp3) is 0.375. The largest absolute Gasteiger partial charge is 0.489 e. The first-order valence-corrected chi connectivity index (χ1v) is 10.4. The van der Waals surface area contributed by atoms with Gasteiger partial charge in [-0.1, -0.05) is 30.3 Å². The summed E-state index contributed by atoms with van der Waals surface area (Å²) in [6, 6.07) is 16.7. The number of fused-ring (bicyclic) bond motifs is 3. The van der Waals surface area contributed by atoms with Gasteiger partial charge in [-0.15, -0.1) is 0 Å². The summed E-state index contributed by atoms with van der Waals surface area (Å²) in [5.74, 6) is 1.63. The van der Waals surface area contributed by atoms with Crippen molar-refractivity contribution in [2.75, 3.05) is 26.4 Å². The first kappa shape index (κ1) is 18.3. The van der Waals surface area contributed by atoms with Gasteiger partial charge >= 0.3 is 0 Å². The lowest BCUT2D eigenvalue weighted by Gasteiger charge is -2.34. The van der Waals surface area contributed by atoms with Gasteiger partial charge in [0.25, 0.3) is 0 Å². The Bertz CT molecular complexity index is 917. The molecule has 2 aromatic rings. The maximum atomic E-state index is 6.02. The second kappa shape index (κ2) is 8.29. The lowest BCUT2D eigenvalue weighted by Crippen LogP contribution is -2.33. The molecule has 150 valence electrons. The molecule has 1 saturated heterocycles. The first-order chi connectivity index (χ1) is 14.3. The summed E-state index contributed by atoms with van der Waals surface area (Å²) in [5, 5.41) is 0. The SMILES string of the molecule is C1=C2c3ccc(OCc4ccccc4)cc3CCN2CN=C1OCC1CCCO1. The summed E-state index contributed by atoms with van der Waals surface area (Å²) < 4.78 is 17.6. The Morgan fingerprint density at radius 2 is 2.03 bits per heavy atom. The predicted octanol–water partition coefficient (Wildman–Crippen LogP) is 4.03. The summed E-state index contributed by atoms with van der Waals surface area (Å²) in [6.07, 6.45) is 5.47. The van der Waals surface area contributed by atoms with Gasteiger partial charge in [0, 0.05) is 24.8 Å². The highest BCUT2D eigenvalue weighted by Crippen LogP contribution is 2.33. The molecule has 0 aliphatic carbocycles. The van der Waals surface area contributed by atoms with Crippen LogP contribution in [0.3, 0.4) is 0 Å². The number of benzene rings is 2. The fourth-order valence-corrected chi connectivity index (χ4v) is 4.08. The van der Waals surface area contributed by atoms with Crippen LogP contribution < -0.4 is 4.74 Å². The van der Waals surface area contributed by atoms with E-state index in [1.807, 2.05) is 18.2 Å². The maximum Gasteiger partial charge on any atom is 0.212 e. The van der Waals surface area contributed by atoms with Crippen molar-refractivity contribution in [2.45, 2.75) is 32.0 Å². The molecule has 0 spiro atoms. The number of aliphatic imine (C=N–C) groups is 1. The molecule has 0 aromatic heterocycles. The molecule has 0 amide bonds. The number of nitrogens with zero attached hydrogens (tertiary/aromatic N) is 2. The van der Waals surface area contributed by atoms with Crippen LogP contribution in [0.15, 0.2) is 59.6 Å². The van der Waals surface area contributed by atoms with E-state index in [1.54, 1.807) is 0 Å². The van der Waals surface area contributed by atoms with Crippen LogP contribution in [0.4, 0.5) is 0 Å². The van der Waals surface area contributed by atoms with Gasteiger partial charge in [-0.25, -0.2) is 4.99 Å². The van der Waals surface area contributed by atoms with Crippen molar-refractivity contribution in [3.63, 3.8) is 0 Å². The zero-order valence-electron chi connectivity index (χ0n) is 16.5. The van der Waals surface area contributed by atoms with E-state index in [-0.39, 0.29) is 6.10 Å². The zero-order chi connectivity index (χ0) is 19.5. The zero-order valence-corrected chi connectivity index (χ0v) is 16.5. The molecular formula is C24H26N2O3. The fourth-order valence-electron chi connectivity index (χ4n) is 4.08. The van der Waals surface area contributed by atoms with Crippen molar-refractivity contribution < 1.29 is 14.2 Å². The van der Waals surface area contributed by atoms with E-state index in [0.717, 1.165) is 38.2 Å². The molecule has 5 heteroatoms. The van der Waals surface area contributed by atoms with Crippen LogP contribution in [0.1, 0.15) is 29.5 Å². The van der Waals surface area contributed by atoms with Crippen molar-refractivity contribution in [3.8, 4) is 5.75 Å². The van der Waals surface area contributed by atoms with Crippen LogP contribution >= 0.6 is 0 Å². The highest BCUT2D eigenvalue weighted by molar-refractivity contribution is 5.96. The number of ether oxygens (including phenoxy) is 3. The van der Waals surface area contributed by atoms with Gasteiger partial charge in [0.05, 0.1) is 11.8 Å². The standard InChI is InChI=1S/C24H26N2O3/c1-2-5-18(6-3-1)15-28-20-8-9-22-19(13-20)10-11-26-17-25-24(14-23(22)26)29-16-21-7-4-12-27-21/h1-3,5-6,8-9,13-14,21H,4,7,10-12,15-17H2. The van der Waals surface area contributed by atoms with Gasteiger partial charge in [0.1, 0.15) is 25.6 Å². The Morgan fingerprint density at radius 3 is 2.90 bits per heavy atom. The van der Waals surface area contributed by atoms with Crippen LogP contribution in [-0.4, -0.2) is 43.3 Å². The van der Waals surface area contributed by atoms with Gasteiger partial charge < -0.3 is 19.1 Å². The van der Waals surface area contributed by atoms with E-state index >= 15 is 0 Å². The molecule has 1 fully saturated rings. The number of hydrogen-bond donors (Lipinski definition) is 0. The average Bonchev–Trinajstić information content (AvgIpc) is 3.30. The molecule has 3 aliphatic rings. The average molecular weight is 390 g/mol. The van der Waals surface area contributed by atoms with Crippen molar-refractivity contribution in [3.05, 3.63) is 71.3 Å². The molecule has 1 atom stereocenters. The van der Waals surface area contributed by atoms with Crippen molar-refractivity contribution in [1.29, 1.82) is 0 Å². The van der Waals surface area contributed by atoms with Crippen molar-refractivity contribution in [2.24, 2.45) is 4.99 Å². The minimum atomic E-state index is 0.206. The molecule has 0 N–H and O–H groups in total. The molecule has 29 heavy (non-hydrogen) atoms. The van der Waals surface area contributed by atoms with Crippen LogP contribution in [0, 0.1) is 0 Å². The summed E-state index contributed by atoms with van der Waals surface area (Å²) >= 11 is 0. The summed E-state index contributed by atoms with van der Waals surface area (Å²) in [5.41, 5.74) is 4.93. The van der Waals surface area contributed by atoms with Crippen molar-refractivity contribution in [1.82, 2.24) is 4.90 Å². The number of hydrogen-bond acceptors (Lipinski definition) is 5. The molecule has 3 heterocycles. The molecule has 0 saturated carbocycles. The number of rotatable bonds is 5. The second-order valence-electron chi connectivity index (χ2n) is 7.72. The highest BCUT2D eigenvalue weighted by atomic mass is 16.5. The lowest BCUT2D eigenvalue weighted by atomic mass is 9.95. The monoisotopic (exact) mass is 390 g/mol. The van der Waals surface area contributed by atoms with E-state index in [0.29, 0.717) is 25.8 Å². The normalized spacial score (nSPS) is 20.4. The third-order valence-corrected chi connectivity index (χ3v) is 5.69. The van der Waals surface area contributed by atoms with Crippen LogP contribution in [0.2, 0.25) is 0 Å². The molecule has 1 unspecified atom stereocenters. The molecule has 0 radical (unpaired) electrons. The Balaban J connectivity index is 1.28. The third kappa shape index (κ3) is 4.15. The topological polar surface area (TPSA) is 43.3 Å². The summed E-state index contributed by atoms with van der Waals surface area (Å²) in [7, 11) is 0. The minimum absolute atomic E-state index is 0.206. The molecule has 5 rings (SSSR count). The molecule has 5 nitrogen and oxygen atoms in total. The maximum absolute atomic E-state index is 6.02. The van der Waals surface area contributed by atoms with Gasteiger partial charge in [0.2, 0.25) is 5.90 Å². The van der Waals surface area contributed by atoms with E-state index in [1.165, 1.54) is 22.4 Å². The third-order valence-electron chi connectivity index (χ3n) is 5.69. The van der Waals surface area contributed by atoms with E-state index in [2.05, 4.69) is 46.3 Å². The minimum Gasteiger partial charge on any atom is -0.489 e. The van der Waals surface area contributed by atoms with E-state index in [4.69, 9.17) is 14.2 Å². The van der Waals surface area contributed by atoms with Gasteiger partial charge in [-0.3, -0.25) is 0 Å². The Labute approximate surface area is 171 Å². The van der Waals surface area contributed by atoms with Gasteiger partial charge in [0.15, 0.2) is 0 Å². The highest BCUT2D eigenvalue weighted by Gasteiger charge is 2.25. The molecule has 0 bridgehead atoms. The van der Waals surface area contributed by atoms with Crippen LogP contribution in [-0.2, 0) is 22.5 Å². The summed E-state index contributed by atoms with van der Waals surface area (Å²) in [4.78, 5) is 6.90. The van der Waals surface area contributed by atoms with Crippen molar-refractivity contribution >= 4 is 11.6 Å². The quantitative estimate of drug-likeness (QED) is 0.773. The Kier molecular flexibility index (Phi) is 5.22. The Hall–Kier alpha value is -2.79. The van der Waals surface area contributed by atoms with Gasteiger partial charge in [-0.05, 0) is 48.6 Å². The molecule has 3 aliphatic heterocycles. The molecular weight excluding hydrogens is 364 g/mol. The lowest BCUT2D eigenvalue weighted by molar-refractivity contribution is 0.0639. The predicted molar refractivity (Wildman–Crippen MR) is 113 cm³/mol. The first-order valence-electron chi connectivity index (χ1n) is 10.4. The Morgan fingerprint density at radius 1 is 1.10 bits per heavy atom. The summed E-state index contributed by atoms with van der Waals surface area (Å²) in [6.45, 7) is 3.63. The van der Waals surface area contributed by atoms with Gasteiger partial charge in [-0.2, -0.15) is 0 Å². The second-order valence-corrected chi connectivity index (χ2v) is 7.72. The van der Waals surface area contributed by atoms with E-state index < -0.39 is 0 Å².